The van der Waals surface area contributed by atoms with Crippen molar-refractivity contribution in [3.05, 3.63) is 59.2 Å². The van der Waals surface area contributed by atoms with E-state index in [4.69, 9.17) is 28.9 Å². The lowest BCUT2D eigenvalue weighted by molar-refractivity contribution is 0.0244. The number of aliphatic hydroxyl groups is 1. The molecule has 0 fully saturated rings. The summed E-state index contributed by atoms with van der Waals surface area (Å²) in [7, 11) is 2.65. The molecule has 260 valence electrons. The van der Waals surface area contributed by atoms with Crippen LogP contribution in [-0.4, -0.2) is 141 Å². The summed E-state index contributed by atoms with van der Waals surface area (Å²) in [5.41, 5.74) is 1.97. The molecule has 13 nitrogen and oxygen atoms in total. The zero-order chi connectivity index (χ0) is 34.0. The fourth-order valence-corrected chi connectivity index (χ4v) is 5.65. The molecule has 0 bridgehead atoms. The van der Waals surface area contributed by atoms with E-state index in [2.05, 4.69) is 20.3 Å². The predicted molar refractivity (Wildman–Crippen MR) is 181 cm³/mol. The summed E-state index contributed by atoms with van der Waals surface area (Å²) in [6.45, 7) is 6.32. The van der Waals surface area contributed by atoms with Gasteiger partial charge in [0.2, 0.25) is 0 Å². The average Bonchev–Trinajstić information content (AvgIpc) is 3.09. The molecule has 0 radical (unpaired) electrons. The molecule has 1 N–H and O–H groups in total. The van der Waals surface area contributed by atoms with Gasteiger partial charge >= 0.3 is 11.9 Å². The van der Waals surface area contributed by atoms with Crippen LogP contribution >= 0.6 is 23.5 Å². The highest BCUT2D eigenvalue weighted by molar-refractivity contribution is 8.05. The van der Waals surface area contributed by atoms with Crippen LogP contribution in [0.25, 0.3) is 0 Å². The molecule has 0 aliphatic heterocycles. The SMILES string of the molecule is COC(=O)c1cccc(CN(CCO)CCOCCOCCN(CCOCCCSCCSC#N)Cc2cccc(C(=O)OC)n2)n1. The summed E-state index contributed by atoms with van der Waals surface area (Å²) in [4.78, 5) is 36.7. The number of nitrogens with zero attached hydrogens (tertiary/aromatic N) is 5. The molecule has 0 saturated carbocycles. The summed E-state index contributed by atoms with van der Waals surface area (Å²) in [6, 6.07) is 10.5. The van der Waals surface area contributed by atoms with Crippen molar-refractivity contribution in [1.82, 2.24) is 19.8 Å². The Kier molecular flexibility index (Phi) is 22.5. The molecule has 2 rings (SSSR count). The van der Waals surface area contributed by atoms with Gasteiger partial charge in [-0.05, 0) is 48.2 Å². The van der Waals surface area contributed by atoms with Crippen LogP contribution in [0.4, 0.5) is 0 Å². The lowest BCUT2D eigenvalue weighted by Gasteiger charge is -2.22. The second-order valence-electron chi connectivity index (χ2n) is 10.0. The zero-order valence-corrected chi connectivity index (χ0v) is 29.0. The zero-order valence-electron chi connectivity index (χ0n) is 27.3. The Morgan fingerprint density at radius 1 is 0.745 bits per heavy atom. The summed E-state index contributed by atoms with van der Waals surface area (Å²) < 4.78 is 27.0. The molecule has 15 heteroatoms. The number of methoxy groups -OCH3 is 2. The summed E-state index contributed by atoms with van der Waals surface area (Å²) in [6.07, 6.45) is 0.949. The number of pyridine rings is 2. The summed E-state index contributed by atoms with van der Waals surface area (Å²) in [5.74, 6) is 1.84. The topological polar surface area (TPSA) is 157 Å². The second-order valence-corrected chi connectivity index (χ2v) is 12.1. The van der Waals surface area contributed by atoms with E-state index < -0.39 is 11.9 Å². The monoisotopic (exact) mass is 693 g/mol. The van der Waals surface area contributed by atoms with Crippen LogP contribution in [0.3, 0.4) is 0 Å². The van der Waals surface area contributed by atoms with Gasteiger partial charge in [0.1, 0.15) is 16.8 Å². The number of hydrogen-bond donors (Lipinski definition) is 1. The molecule has 0 spiro atoms. The van der Waals surface area contributed by atoms with Crippen LogP contribution < -0.4 is 0 Å². The molecule has 2 aromatic heterocycles. The fraction of sp³-hybridized carbons (Fsp3) is 0.594. The number of ether oxygens (including phenoxy) is 5. The highest BCUT2D eigenvalue weighted by Crippen LogP contribution is 2.09. The van der Waals surface area contributed by atoms with Crippen LogP contribution in [0.1, 0.15) is 38.8 Å². The molecule has 2 heterocycles. The third-order valence-corrected chi connectivity index (χ3v) is 8.46. The first-order valence-corrected chi connectivity index (χ1v) is 17.6. The number of thioether (sulfide) groups is 2. The van der Waals surface area contributed by atoms with Crippen molar-refractivity contribution in [3.63, 3.8) is 0 Å². The number of esters is 2. The largest absolute Gasteiger partial charge is 0.464 e. The Balaban J connectivity index is 1.72. The van der Waals surface area contributed by atoms with Crippen molar-refractivity contribution in [2.24, 2.45) is 0 Å². The third-order valence-electron chi connectivity index (χ3n) is 6.59. The molecular weight excluding hydrogens is 647 g/mol. The van der Waals surface area contributed by atoms with Crippen molar-refractivity contribution >= 4 is 35.5 Å². The number of nitriles is 1. The van der Waals surface area contributed by atoms with Gasteiger partial charge in [-0.15, -0.1) is 0 Å². The highest BCUT2D eigenvalue weighted by Gasteiger charge is 2.13. The van der Waals surface area contributed by atoms with E-state index in [0.29, 0.717) is 84.6 Å². The first kappa shape index (κ1) is 40.4. The van der Waals surface area contributed by atoms with E-state index in [0.717, 1.165) is 29.4 Å². The number of carbonyl (C=O) groups is 2. The Hall–Kier alpha value is -2.81. The maximum Gasteiger partial charge on any atom is 0.356 e. The van der Waals surface area contributed by atoms with Crippen LogP contribution in [0.2, 0.25) is 0 Å². The smallest absolute Gasteiger partial charge is 0.356 e. The Morgan fingerprint density at radius 3 is 1.74 bits per heavy atom. The van der Waals surface area contributed by atoms with Crippen LogP contribution in [0, 0.1) is 10.7 Å². The van der Waals surface area contributed by atoms with Crippen molar-refractivity contribution < 1.29 is 38.4 Å². The van der Waals surface area contributed by atoms with Gasteiger partial charge in [-0.2, -0.15) is 17.0 Å². The van der Waals surface area contributed by atoms with Gasteiger partial charge in [-0.25, -0.2) is 19.6 Å². The summed E-state index contributed by atoms with van der Waals surface area (Å²) in [5, 5.41) is 20.1. The number of aliphatic hydroxyl groups excluding tert-OH is 1. The van der Waals surface area contributed by atoms with E-state index in [1.807, 2.05) is 28.8 Å². The molecule has 0 atom stereocenters. The standard InChI is InChI=1S/C32H47N5O8S2/c1-41-31(39)29-8-3-6-27(34-29)24-36(10-14-38)11-17-44-19-20-45-18-13-37(12-16-43-15-5-21-46-22-23-47-26-33)25-28-7-4-9-30(35-28)32(40)42-2/h3-4,6-9,38H,5,10-25H2,1-2H3. The van der Waals surface area contributed by atoms with E-state index >= 15 is 0 Å². The number of hydrogen-bond acceptors (Lipinski definition) is 15. The number of aromatic nitrogens is 2. The van der Waals surface area contributed by atoms with Crippen molar-refractivity contribution in [2.45, 2.75) is 19.5 Å². The lowest BCUT2D eigenvalue weighted by Crippen LogP contribution is -2.32. The number of rotatable bonds is 27. The third kappa shape index (κ3) is 18.4. The molecule has 0 aliphatic carbocycles. The normalized spacial score (nSPS) is 11.1. The van der Waals surface area contributed by atoms with Gasteiger partial charge in [-0.1, -0.05) is 12.1 Å². The molecule has 0 aliphatic rings. The average molecular weight is 694 g/mol. The molecule has 2 aromatic rings. The van der Waals surface area contributed by atoms with Gasteiger partial charge < -0.3 is 28.8 Å². The molecular formula is C32H47N5O8S2. The molecule has 47 heavy (non-hydrogen) atoms. The van der Waals surface area contributed by atoms with Gasteiger partial charge in [0.15, 0.2) is 0 Å². The van der Waals surface area contributed by atoms with Crippen molar-refractivity contribution in [2.75, 3.05) is 104 Å². The van der Waals surface area contributed by atoms with E-state index in [1.54, 1.807) is 24.3 Å². The van der Waals surface area contributed by atoms with Crippen LogP contribution in [0.5, 0.6) is 0 Å². The number of thiocyanates is 1. The van der Waals surface area contributed by atoms with Crippen molar-refractivity contribution in [3.8, 4) is 5.40 Å². The van der Waals surface area contributed by atoms with Gasteiger partial charge in [0.25, 0.3) is 0 Å². The Labute approximate surface area is 286 Å². The van der Waals surface area contributed by atoms with Gasteiger partial charge in [0.05, 0.1) is 65.2 Å². The van der Waals surface area contributed by atoms with Crippen molar-refractivity contribution in [1.29, 1.82) is 5.26 Å². The highest BCUT2D eigenvalue weighted by atomic mass is 32.2. The van der Waals surface area contributed by atoms with Gasteiger partial charge in [-0.3, -0.25) is 9.80 Å². The predicted octanol–water partition coefficient (Wildman–Crippen LogP) is 2.73. The Bertz CT molecular complexity index is 1210. The maximum atomic E-state index is 11.9. The first-order valence-electron chi connectivity index (χ1n) is 15.5. The van der Waals surface area contributed by atoms with Crippen LogP contribution in [0.15, 0.2) is 36.4 Å². The summed E-state index contributed by atoms with van der Waals surface area (Å²) >= 11 is 3.11. The molecule has 0 unspecified atom stereocenters. The maximum absolute atomic E-state index is 11.9. The number of carbonyl (C=O) groups excluding carboxylic acids is 2. The molecule has 0 amide bonds. The minimum Gasteiger partial charge on any atom is -0.464 e. The minimum atomic E-state index is -0.491. The Morgan fingerprint density at radius 2 is 1.26 bits per heavy atom. The molecule has 0 saturated heterocycles. The first-order chi connectivity index (χ1) is 23.0. The van der Waals surface area contributed by atoms with Gasteiger partial charge in [0, 0.05) is 57.4 Å². The second kappa shape index (κ2) is 26.2. The fourth-order valence-electron chi connectivity index (χ4n) is 4.23. The van der Waals surface area contributed by atoms with Crippen LogP contribution in [-0.2, 0) is 36.8 Å². The minimum absolute atomic E-state index is 0.00750. The van der Waals surface area contributed by atoms with E-state index in [1.165, 1.54) is 26.0 Å². The quantitative estimate of drug-likeness (QED) is 0.0827. The van der Waals surface area contributed by atoms with E-state index in [9.17, 15) is 14.7 Å². The lowest BCUT2D eigenvalue weighted by atomic mass is 10.3. The van der Waals surface area contributed by atoms with E-state index in [-0.39, 0.29) is 18.0 Å². The molecule has 0 aromatic carbocycles.